The molecular weight excluding hydrogens is 354 g/mol. The summed E-state index contributed by atoms with van der Waals surface area (Å²) in [5.74, 6) is -14.3. The molecule has 136 valence electrons. The summed E-state index contributed by atoms with van der Waals surface area (Å²) in [7, 11) is 0. The minimum absolute atomic E-state index is 0.849. The molecule has 0 aromatic heterocycles. The molecule has 2 rings (SSSR count). The van der Waals surface area contributed by atoms with Crippen molar-refractivity contribution in [2.45, 2.75) is 19.3 Å². The largest absolute Gasteiger partial charge is 0.503 e. The topological polar surface area (TPSA) is 92.5 Å². The summed E-state index contributed by atoms with van der Waals surface area (Å²) in [4.78, 5) is 0. The standard InChI is InChI=1S/C15H12F6N2O2/c1-15(2,3-5(16)9(20)13(24)11(22)7(3)18)4-6(17)10(21)14(25)12(23)8(4)19/h24-25H,22-23H2,1-2H3. The second-order valence-electron chi connectivity index (χ2n) is 5.78. The lowest BCUT2D eigenvalue weighted by atomic mass is 9.76. The number of aromatic hydroxyl groups is 2. The third-order valence-corrected chi connectivity index (χ3v) is 3.91. The Hall–Kier alpha value is -2.78. The van der Waals surface area contributed by atoms with Crippen LogP contribution in [0, 0.1) is 34.9 Å². The highest BCUT2D eigenvalue weighted by molar-refractivity contribution is 5.62. The van der Waals surface area contributed by atoms with E-state index in [4.69, 9.17) is 11.5 Å². The summed E-state index contributed by atoms with van der Waals surface area (Å²) in [5, 5.41) is 18.4. The van der Waals surface area contributed by atoms with Gasteiger partial charge in [0.1, 0.15) is 11.4 Å². The Morgan fingerprint density at radius 3 is 1.16 bits per heavy atom. The van der Waals surface area contributed by atoms with Crippen LogP contribution >= 0.6 is 0 Å². The molecule has 2 aromatic rings. The first-order valence-corrected chi connectivity index (χ1v) is 6.66. The predicted molar refractivity (Wildman–Crippen MR) is 76.9 cm³/mol. The van der Waals surface area contributed by atoms with Crippen molar-refractivity contribution in [2.75, 3.05) is 11.5 Å². The van der Waals surface area contributed by atoms with E-state index >= 15 is 0 Å². The van der Waals surface area contributed by atoms with Crippen LogP contribution in [0.15, 0.2) is 0 Å². The van der Waals surface area contributed by atoms with Crippen LogP contribution in [-0.4, -0.2) is 10.2 Å². The van der Waals surface area contributed by atoms with Gasteiger partial charge in [-0.1, -0.05) is 13.8 Å². The van der Waals surface area contributed by atoms with Crippen LogP contribution in [0.4, 0.5) is 37.7 Å². The first kappa shape index (κ1) is 18.6. The Balaban J connectivity index is 2.96. The molecule has 0 aliphatic carbocycles. The summed E-state index contributed by atoms with van der Waals surface area (Å²) in [6.45, 7) is 1.70. The van der Waals surface area contributed by atoms with Crippen molar-refractivity contribution in [3.8, 4) is 11.5 Å². The van der Waals surface area contributed by atoms with E-state index < -0.39 is 74.3 Å². The summed E-state index contributed by atoms with van der Waals surface area (Å²) >= 11 is 0. The molecule has 0 heterocycles. The number of hydrogen-bond acceptors (Lipinski definition) is 4. The van der Waals surface area contributed by atoms with Gasteiger partial charge in [0.2, 0.25) is 11.6 Å². The van der Waals surface area contributed by atoms with Crippen LogP contribution in [0.2, 0.25) is 0 Å². The number of phenols is 2. The molecule has 0 aliphatic rings. The molecular formula is C15H12F6N2O2. The Bertz CT molecular complexity index is 769. The van der Waals surface area contributed by atoms with Crippen molar-refractivity contribution in [3.05, 3.63) is 46.0 Å². The Morgan fingerprint density at radius 1 is 0.600 bits per heavy atom. The maximum absolute atomic E-state index is 14.3. The van der Waals surface area contributed by atoms with Gasteiger partial charge in [0.15, 0.2) is 34.8 Å². The van der Waals surface area contributed by atoms with E-state index in [-0.39, 0.29) is 0 Å². The van der Waals surface area contributed by atoms with Gasteiger partial charge in [-0.15, -0.1) is 0 Å². The van der Waals surface area contributed by atoms with Crippen molar-refractivity contribution >= 4 is 11.4 Å². The van der Waals surface area contributed by atoms with Gasteiger partial charge in [0.25, 0.3) is 0 Å². The molecule has 0 unspecified atom stereocenters. The summed E-state index contributed by atoms with van der Waals surface area (Å²) in [5.41, 5.74) is 2.97. The molecule has 6 N–H and O–H groups in total. The fraction of sp³-hybridized carbons (Fsp3) is 0.200. The first-order valence-electron chi connectivity index (χ1n) is 6.66. The number of rotatable bonds is 2. The van der Waals surface area contributed by atoms with E-state index in [1.54, 1.807) is 0 Å². The van der Waals surface area contributed by atoms with Crippen LogP contribution < -0.4 is 11.5 Å². The van der Waals surface area contributed by atoms with Gasteiger partial charge < -0.3 is 21.7 Å². The number of anilines is 2. The number of nitrogens with two attached hydrogens (primary N) is 2. The molecule has 0 saturated carbocycles. The molecule has 0 bridgehead atoms. The fourth-order valence-corrected chi connectivity index (χ4v) is 2.56. The van der Waals surface area contributed by atoms with Gasteiger partial charge in [0, 0.05) is 16.5 Å². The minimum Gasteiger partial charge on any atom is -0.503 e. The van der Waals surface area contributed by atoms with Crippen LogP contribution in [0.1, 0.15) is 25.0 Å². The van der Waals surface area contributed by atoms with Crippen LogP contribution in [0.5, 0.6) is 11.5 Å². The number of hydrogen-bond donors (Lipinski definition) is 4. The second-order valence-corrected chi connectivity index (χ2v) is 5.78. The lowest BCUT2D eigenvalue weighted by molar-refractivity contribution is 0.371. The highest BCUT2D eigenvalue weighted by atomic mass is 19.2. The van der Waals surface area contributed by atoms with Gasteiger partial charge >= 0.3 is 0 Å². The Morgan fingerprint density at radius 2 is 0.880 bits per heavy atom. The van der Waals surface area contributed by atoms with E-state index in [1.807, 2.05) is 0 Å². The molecule has 0 atom stereocenters. The van der Waals surface area contributed by atoms with Crippen molar-refractivity contribution in [1.82, 2.24) is 0 Å². The zero-order valence-electron chi connectivity index (χ0n) is 12.8. The molecule has 0 spiro atoms. The summed E-state index contributed by atoms with van der Waals surface area (Å²) < 4.78 is 84.4. The van der Waals surface area contributed by atoms with Crippen molar-refractivity contribution in [2.24, 2.45) is 0 Å². The van der Waals surface area contributed by atoms with Gasteiger partial charge in [-0.25, -0.2) is 17.6 Å². The predicted octanol–water partition coefficient (Wildman–Crippen LogP) is 3.42. The lowest BCUT2D eigenvalue weighted by Crippen LogP contribution is -2.28. The number of halogens is 6. The maximum atomic E-state index is 14.3. The van der Waals surface area contributed by atoms with Crippen molar-refractivity contribution < 1.29 is 36.6 Å². The first-order chi connectivity index (χ1) is 11.4. The molecule has 0 radical (unpaired) electrons. The zero-order chi connectivity index (χ0) is 19.4. The van der Waals surface area contributed by atoms with Crippen LogP contribution in [0.25, 0.3) is 0 Å². The average molecular weight is 366 g/mol. The van der Waals surface area contributed by atoms with Crippen LogP contribution in [0.3, 0.4) is 0 Å². The monoisotopic (exact) mass is 366 g/mol. The number of phenolic OH excluding ortho intramolecular Hbond substituents is 2. The summed E-state index contributed by atoms with van der Waals surface area (Å²) in [6.07, 6.45) is 0. The fourth-order valence-electron chi connectivity index (χ4n) is 2.56. The van der Waals surface area contributed by atoms with Crippen molar-refractivity contribution in [3.63, 3.8) is 0 Å². The Labute approximate surface area is 137 Å². The third-order valence-electron chi connectivity index (χ3n) is 3.91. The van der Waals surface area contributed by atoms with Gasteiger partial charge in [-0.2, -0.15) is 8.78 Å². The van der Waals surface area contributed by atoms with E-state index in [9.17, 15) is 36.6 Å². The molecule has 2 aromatic carbocycles. The van der Waals surface area contributed by atoms with Crippen molar-refractivity contribution in [1.29, 1.82) is 0 Å². The van der Waals surface area contributed by atoms with E-state index in [1.165, 1.54) is 0 Å². The second kappa shape index (κ2) is 5.64. The quantitative estimate of drug-likeness (QED) is 0.284. The normalized spacial score (nSPS) is 11.8. The smallest absolute Gasteiger partial charge is 0.203 e. The maximum Gasteiger partial charge on any atom is 0.203 e. The molecule has 0 fully saturated rings. The lowest BCUT2D eigenvalue weighted by Gasteiger charge is -2.29. The zero-order valence-corrected chi connectivity index (χ0v) is 12.8. The third kappa shape index (κ3) is 2.39. The molecule has 0 aliphatic heterocycles. The van der Waals surface area contributed by atoms with Crippen LogP contribution in [-0.2, 0) is 5.41 Å². The average Bonchev–Trinajstić information content (AvgIpc) is 2.54. The highest BCUT2D eigenvalue weighted by Gasteiger charge is 2.41. The highest BCUT2D eigenvalue weighted by Crippen LogP contribution is 2.45. The van der Waals surface area contributed by atoms with E-state index in [2.05, 4.69) is 0 Å². The van der Waals surface area contributed by atoms with Gasteiger partial charge in [0.05, 0.1) is 0 Å². The molecule has 0 amide bonds. The van der Waals surface area contributed by atoms with Gasteiger partial charge in [-0.05, 0) is 0 Å². The van der Waals surface area contributed by atoms with E-state index in [0.717, 1.165) is 13.8 Å². The minimum atomic E-state index is -2.37. The Kier molecular flexibility index (Phi) is 4.19. The summed E-state index contributed by atoms with van der Waals surface area (Å²) in [6, 6.07) is 0. The molecule has 25 heavy (non-hydrogen) atoms. The number of benzene rings is 2. The number of nitrogen functional groups attached to an aromatic ring is 2. The van der Waals surface area contributed by atoms with E-state index in [0.29, 0.717) is 0 Å². The molecule has 4 nitrogen and oxygen atoms in total. The van der Waals surface area contributed by atoms with Gasteiger partial charge in [-0.3, -0.25) is 0 Å². The SMILES string of the molecule is CC(C)(c1c(F)c(N)c(O)c(F)c1F)c1c(F)c(N)c(O)c(F)c1F. The molecule has 10 heteroatoms. The molecule has 0 saturated heterocycles.